The van der Waals surface area contributed by atoms with E-state index in [1.165, 1.54) is 0 Å². The molecule has 1 unspecified atom stereocenters. The first-order chi connectivity index (χ1) is 9.66. The van der Waals surface area contributed by atoms with Gasteiger partial charge < -0.3 is 25.3 Å². The highest BCUT2D eigenvalue weighted by atomic mass is 16.5. The van der Waals surface area contributed by atoms with Gasteiger partial charge in [-0.3, -0.25) is 0 Å². The lowest BCUT2D eigenvalue weighted by molar-refractivity contribution is 0.156. The van der Waals surface area contributed by atoms with Gasteiger partial charge in [0.2, 0.25) is 0 Å². The van der Waals surface area contributed by atoms with Crippen molar-refractivity contribution in [3.8, 4) is 11.5 Å². The summed E-state index contributed by atoms with van der Waals surface area (Å²) in [5, 5.41) is 3.25. The van der Waals surface area contributed by atoms with Gasteiger partial charge in [0.1, 0.15) is 6.61 Å². The summed E-state index contributed by atoms with van der Waals surface area (Å²) in [6.45, 7) is 4.18. The first-order valence-electron chi connectivity index (χ1n) is 6.72. The van der Waals surface area contributed by atoms with E-state index in [4.69, 9.17) is 15.2 Å². The molecule has 2 rings (SSSR count). The van der Waals surface area contributed by atoms with Crippen LogP contribution in [0.5, 0.6) is 11.5 Å². The summed E-state index contributed by atoms with van der Waals surface area (Å²) in [5.41, 5.74) is 5.98. The third kappa shape index (κ3) is 4.03. The van der Waals surface area contributed by atoms with Gasteiger partial charge in [-0.15, -0.1) is 0 Å². The summed E-state index contributed by atoms with van der Waals surface area (Å²) >= 11 is 0. The number of amides is 1. The minimum atomic E-state index is -0.755. The lowest BCUT2D eigenvalue weighted by atomic mass is 10.1. The van der Waals surface area contributed by atoms with E-state index >= 15 is 0 Å². The molecule has 0 bridgehead atoms. The number of nitrogens with two attached hydrogens (primary N) is 1. The molecule has 0 saturated carbocycles. The molecule has 0 aliphatic carbocycles. The van der Waals surface area contributed by atoms with Gasteiger partial charge >= 0.3 is 6.09 Å². The van der Waals surface area contributed by atoms with Crippen LogP contribution in [0, 0.1) is 0 Å². The van der Waals surface area contributed by atoms with Crippen molar-refractivity contribution in [2.45, 2.75) is 19.4 Å². The first-order valence-corrected chi connectivity index (χ1v) is 6.72. The molecule has 0 aromatic heterocycles. The SMILES string of the molecule is CC(NCCOC(N)=O)c1ccc2c(c1)OCCCO2. The summed E-state index contributed by atoms with van der Waals surface area (Å²) in [4.78, 5) is 10.4. The molecule has 6 heteroatoms. The molecule has 1 aliphatic rings. The second-order valence-electron chi connectivity index (χ2n) is 4.60. The van der Waals surface area contributed by atoms with Crippen LogP contribution >= 0.6 is 0 Å². The Hall–Kier alpha value is -1.95. The second kappa shape index (κ2) is 7.00. The molecule has 0 radical (unpaired) electrons. The summed E-state index contributed by atoms with van der Waals surface area (Å²) in [7, 11) is 0. The van der Waals surface area contributed by atoms with Crippen molar-refractivity contribution in [3.63, 3.8) is 0 Å². The third-order valence-electron chi connectivity index (χ3n) is 3.07. The molecule has 1 aromatic carbocycles. The maximum atomic E-state index is 10.4. The lowest BCUT2D eigenvalue weighted by Crippen LogP contribution is -2.25. The molecular weight excluding hydrogens is 260 g/mol. The largest absolute Gasteiger partial charge is 0.490 e. The predicted molar refractivity (Wildman–Crippen MR) is 74.0 cm³/mol. The zero-order chi connectivity index (χ0) is 14.4. The van der Waals surface area contributed by atoms with Crippen molar-refractivity contribution in [3.05, 3.63) is 23.8 Å². The van der Waals surface area contributed by atoms with Gasteiger partial charge in [-0.1, -0.05) is 6.07 Å². The van der Waals surface area contributed by atoms with E-state index < -0.39 is 6.09 Å². The van der Waals surface area contributed by atoms with Crippen molar-refractivity contribution in [2.75, 3.05) is 26.4 Å². The molecule has 1 aliphatic heterocycles. The maximum absolute atomic E-state index is 10.4. The fraction of sp³-hybridized carbons (Fsp3) is 0.500. The van der Waals surface area contributed by atoms with E-state index in [9.17, 15) is 4.79 Å². The Morgan fingerprint density at radius 1 is 1.40 bits per heavy atom. The highest BCUT2D eigenvalue weighted by Gasteiger charge is 2.13. The van der Waals surface area contributed by atoms with E-state index in [1.54, 1.807) is 0 Å². The first kappa shape index (κ1) is 14.5. The number of fused-ring (bicyclic) bond motifs is 1. The van der Waals surface area contributed by atoms with Crippen molar-refractivity contribution in [1.29, 1.82) is 0 Å². The van der Waals surface area contributed by atoms with E-state index in [1.807, 2.05) is 25.1 Å². The molecular formula is C14H20N2O4. The zero-order valence-corrected chi connectivity index (χ0v) is 11.6. The van der Waals surface area contributed by atoms with Crippen LogP contribution in [0.25, 0.3) is 0 Å². The smallest absolute Gasteiger partial charge is 0.404 e. The van der Waals surface area contributed by atoms with E-state index in [-0.39, 0.29) is 12.6 Å². The van der Waals surface area contributed by atoms with Crippen LogP contribution in [0.15, 0.2) is 18.2 Å². The van der Waals surface area contributed by atoms with Crippen LogP contribution in [0.4, 0.5) is 4.79 Å². The zero-order valence-electron chi connectivity index (χ0n) is 11.6. The Morgan fingerprint density at radius 2 is 2.15 bits per heavy atom. The lowest BCUT2D eigenvalue weighted by Gasteiger charge is -2.16. The molecule has 0 fully saturated rings. The number of nitrogens with one attached hydrogen (secondary N) is 1. The molecule has 3 N–H and O–H groups in total. The standard InChI is InChI=1S/C14H20N2O4/c1-10(16-5-8-20-14(15)17)11-3-4-12-13(9-11)19-7-2-6-18-12/h3-4,9-10,16H,2,5-8H2,1H3,(H2,15,17). The fourth-order valence-corrected chi connectivity index (χ4v) is 1.99. The summed E-state index contributed by atoms with van der Waals surface area (Å²) in [6.07, 6.45) is 0.137. The van der Waals surface area contributed by atoms with Crippen LogP contribution in [0.1, 0.15) is 24.9 Å². The van der Waals surface area contributed by atoms with Crippen molar-refractivity contribution < 1.29 is 19.0 Å². The van der Waals surface area contributed by atoms with Gasteiger partial charge in [0.25, 0.3) is 0 Å². The van der Waals surface area contributed by atoms with Gasteiger partial charge in [0.05, 0.1) is 13.2 Å². The minimum Gasteiger partial charge on any atom is -0.490 e. The van der Waals surface area contributed by atoms with Gasteiger partial charge in [0.15, 0.2) is 11.5 Å². The summed E-state index contributed by atoms with van der Waals surface area (Å²) in [5.74, 6) is 1.57. The van der Waals surface area contributed by atoms with Gasteiger partial charge in [-0.05, 0) is 24.6 Å². The van der Waals surface area contributed by atoms with E-state index in [0.717, 1.165) is 23.5 Å². The number of hydrogen-bond donors (Lipinski definition) is 2. The number of rotatable bonds is 5. The third-order valence-corrected chi connectivity index (χ3v) is 3.07. The molecule has 20 heavy (non-hydrogen) atoms. The van der Waals surface area contributed by atoms with Crippen LogP contribution in [-0.2, 0) is 4.74 Å². The highest BCUT2D eigenvalue weighted by Crippen LogP contribution is 2.32. The quantitative estimate of drug-likeness (QED) is 0.800. The molecule has 1 heterocycles. The number of carbonyl (C=O) groups excluding carboxylic acids is 1. The Balaban J connectivity index is 1.91. The number of ether oxygens (including phenoxy) is 3. The van der Waals surface area contributed by atoms with Gasteiger partial charge in [-0.25, -0.2) is 4.79 Å². The highest BCUT2D eigenvalue weighted by molar-refractivity contribution is 5.64. The van der Waals surface area contributed by atoms with Crippen LogP contribution in [0.3, 0.4) is 0 Å². The fourth-order valence-electron chi connectivity index (χ4n) is 1.99. The number of hydrogen-bond acceptors (Lipinski definition) is 5. The van der Waals surface area contributed by atoms with Crippen molar-refractivity contribution >= 4 is 6.09 Å². The predicted octanol–water partition coefficient (Wildman–Crippen LogP) is 1.59. The summed E-state index contributed by atoms with van der Waals surface area (Å²) in [6, 6.07) is 6.02. The average Bonchev–Trinajstić information content (AvgIpc) is 2.67. The minimum absolute atomic E-state index is 0.114. The van der Waals surface area contributed by atoms with Crippen LogP contribution < -0.4 is 20.5 Å². The van der Waals surface area contributed by atoms with Crippen molar-refractivity contribution in [1.82, 2.24) is 5.32 Å². The Morgan fingerprint density at radius 3 is 2.90 bits per heavy atom. The topological polar surface area (TPSA) is 82.8 Å². The molecule has 1 atom stereocenters. The normalized spacial score (nSPS) is 15.2. The average molecular weight is 280 g/mol. The van der Waals surface area contributed by atoms with Crippen LogP contribution in [-0.4, -0.2) is 32.5 Å². The van der Waals surface area contributed by atoms with Crippen LogP contribution in [0.2, 0.25) is 0 Å². The van der Waals surface area contributed by atoms with E-state index in [2.05, 4.69) is 10.1 Å². The van der Waals surface area contributed by atoms with Gasteiger partial charge in [0, 0.05) is 19.0 Å². The molecule has 0 spiro atoms. The number of carbonyl (C=O) groups is 1. The summed E-state index contributed by atoms with van der Waals surface area (Å²) < 4.78 is 15.9. The van der Waals surface area contributed by atoms with E-state index in [0.29, 0.717) is 19.8 Å². The number of benzene rings is 1. The Bertz CT molecular complexity index is 464. The molecule has 110 valence electrons. The number of primary amides is 1. The maximum Gasteiger partial charge on any atom is 0.404 e. The van der Waals surface area contributed by atoms with Gasteiger partial charge in [-0.2, -0.15) is 0 Å². The molecule has 1 aromatic rings. The molecule has 0 saturated heterocycles. The molecule has 1 amide bonds. The Labute approximate surface area is 118 Å². The molecule has 6 nitrogen and oxygen atoms in total. The van der Waals surface area contributed by atoms with Crippen molar-refractivity contribution in [2.24, 2.45) is 5.73 Å². The second-order valence-corrected chi connectivity index (χ2v) is 4.60. The monoisotopic (exact) mass is 280 g/mol. The Kier molecular flexibility index (Phi) is 5.06.